The van der Waals surface area contributed by atoms with E-state index in [0.29, 0.717) is 6.42 Å². The van der Waals surface area contributed by atoms with E-state index in [4.69, 9.17) is 11.1 Å². The lowest BCUT2D eigenvalue weighted by atomic mass is 9.98. The Hall–Kier alpha value is -2.65. The molecule has 3 heteroatoms. The van der Waals surface area contributed by atoms with Crippen LogP contribution in [-0.4, -0.2) is 10.9 Å². The molecule has 0 aliphatic heterocycles. The van der Waals surface area contributed by atoms with Crippen LogP contribution in [-0.2, 0) is 6.42 Å². The molecule has 0 fully saturated rings. The maximum atomic E-state index is 10.3. The van der Waals surface area contributed by atoms with Crippen molar-refractivity contribution < 1.29 is 5.11 Å². The quantitative estimate of drug-likeness (QED) is 0.496. The minimum Gasteiger partial charge on any atom is -0.388 e. The van der Waals surface area contributed by atoms with E-state index in [1.807, 2.05) is 54.6 Å². The van der Waals surface area contributed by atoms with Crippen molar-refractivity contribution in [3.8, 4) is 0 Å². The van der Waals surface area contributed by atoms with Crippen molar-refractivity contribution in [1.82, 2.24) is 0 Å². The van der Waals surface area contributed by atoms with Crippen molar-refractivity contribution in [3.05, 3.63) is 83.4 Å². The number of fused-ring (bicyclic) bond motifs is 1. The van der Waals surface area contributed by atoms with Crippen LogP contribution in [0.1, 0.15) is 29.2 Å². The molecule has 0 amide bonds. The first-order valence-corrected chi connectivity index (χ1v) is 7.73. The molecule has 23 heavy (non-hydrogen) atoms. The molecule has 1 unspecified atom stereocenters. The normalized spacial score (nSPS) is 12.2. The molecule has 3 nitrogen and oxygen atoms in total. The second-order valence-corrected chi connectivity index (χ2v) is 5.78. The topological polar surface area (TPSA) is 70.1 Å². The van der Waals surface area contributed by atoms with Gasteiger partial charge in [-0.2, -0.15) is 0 Å². The summed E-state index contributed by atoms with van der Waals surface area (Å²) < 4.78 is 0. The summed E-state index contributed by atoms with van der Waals surface area (Å²) in [6.45, 7) is 0. The number of nitrogens with one attached hydrogen (secondary N) is 1. The highest BCUT2D eigenvalue weighted by molar-refractivity contribution is 5.99. The van der Waals surface area contributed by atoms with Gasteiger partial charge in [0.2, 0.25) is 0 Å². The predicted molar refractivity (Wildman–Crippen MR) is 94.7 cm³/mol. The summed E-state index contributed by atoms with van der Waals surface area (Å²) in [5.74, 6) is 0.0851. The molecule has 0 saturated carbocycles. The SMILES string of the molecule is N=C(N)c1ccc2cc(CCC(O)c3ccccc3)ccc2c1. The third-order valence-corrected chi connectivity index (χ3v) is 4.11. The van der Waals surface area contributed by atoms with Crippen molar-refractivity contribution in [1.29, 1.82) is 5.41 Å². The monoisotopic (exact) mass is 304 g/mol. The highest BCUT2D eigenvalue weighted by Gasteiger charge is 2.07. The molecule has 0 bridgehead atoms. The molecular weight excluding hydrogens is 284 g/mol. The minimum absolute atomic E-state index is 0.0851. The van der Waals surface area contributed by atoms with Gasteiger partial charge < -0.3 is 10.8 Å². The average Bonchev–Trinajstić information content (AvgIpc) is 2.59. The van der Waals surface area contributed by atoms with Crippen LogP contribution in [0.15, 0.2) is 66.7 Å². The summed E-state index contributed by atoms with van der Waals surface area (Å²) in [6.07, 6.45) is 1.08. The van der Waals surface area contributed by atoms with Crippen molar-refractivity contribution in [3.63, 3.8) is 0 Å². The van der Waals surface area contributed by atoms with Gasteiger partial charge in [-0.3, -0.25) is 5.41 Å². The average molecular weight is 304 g/mol. The molecule has 0 spiro atoms. The minimum atomic E-state index is -0.438. The van der Waals surface area contributed by atoms with E-state index in [1.54, 1.807) is 0 Å². The second kappa shape index (κ2) is 6.63. The Morgan fingerprint density at radius 2 is 1.65 bits per heavy atom. The van der Waals surface area contributed by atoms with Gasteiger partial charge >= 0.3 is 0 Å². The molecule has 1 atom stereocenters. The third kappa shape index (κ3) is 3.58. The van der Waals surface area contributed by atoms with Crippen LogP contribution >= 0.6 is 0 Å². The van der Waals surface area contributed by atoms with Crippen LogP contribution in [0, 0.1) is 5.41 Å². The first-order valence-electron chi connectivity index (χ1n) is 7.73. The molecule has 0 aliphatic rings. The van der Waals surface area contributed by atoms with E-state index < -0.39 is 6.10 Å². The molecule has 0 heterocycles. The van der Waals surface area contributed by atoms with Gasteiger partial charge in [0.25, 0.3) is 0 Å². The number of aliphatic hydroxyl groups excluding tert-OH is 1. The van der Waals surface area contributed by atoms with E-state index in [9.17, 15) is 5.11 Å². The van der Waals surface area contributed by atoms with E-state index >= 15 is 0 Å². The van der Waals surface area contributed by atoms with Crippen LogP contribution in [0.2, 0.25) is 0 Å². The number of nitrogens with two attached hydrogens (primary N) is 1. The number of benzene rings is 3. The Bertz CT molecular complexity index is 827. The van der Waals surface area contributed by atoms with Gasteiger partial charge in [0.1, 0.15) is 5.84 Å². The zero-order valence-corrected chi connectivity index (χ0v) is 12.9. The Morgan fingerprint density at radius 1 is 0.957 bits per heavy atom. The highest BCUT2D eigenvalue weighted by atomic mass is 16.3. The van der Waals surface area contributed by atoms with Gasteiger partial charge in [-0.25, -0.2) is 0 Å². The van der Waals surface area contributed by atoms with Crippen LogP contribution in [0.4, 0.5) is 0 Å². The van der Waals surface area contributed by atoms with Crippen molar-refractivity contribution in [2.75, 3.05) is 0 Å². The van der Waals surface area contributed by atoms with Gasteiger partial charge in [0, 0.05) is 5.56 Å². The van der Waals surface area contributed by atoms with E-state index in [2.05, 4.69) is 12.1 Å². The number of rotatable bonds is 5. The predicted octanol–water partition coefficient (Wildman–Crippen LogP) is 3.79. The lowest BCUT2D eigenvalue weighted by molar-refractivity contribution is 0.168. The van der Waals surface area contributed by atoms with Gasteiger partial charge in [-0.05, 0) is 40.8 Å². The molecule has 0 saturated heterocycles. The van der Waals surface area contributed by atoms with Crippen LogP contribution in [0.3, 0.4) is 0 Å². The Balaban J connectivity index is 1.73. The maximum Gasteiger partial charge on any atom is 0.122 e. The summed E-state index contributed by atoms with van der Waals surface area (Å²) in [5, 5.41) is 20.0. The Kier molecular flexibility index (Phi) is 4.40. The third-order valence-electron chi connectivity index (χ3n) is 4.11. The number of hydrogen-bond acceptors (Lipinski definition) is 2. The molecule has 0 radical (unpaired) electrons. The summed E-state index contributed by atoms with van der Waals surface area (Å²) in [4.78, 5) is 0. The maximum absolute atomic E-state index is 10.3. The van der Waals surface area contributed by atoms with Crippen molar-refractivity contribution in [2.24, 2.45) is 5.73 Å². The fraction of sp³-hybridized carbons (Fsp3) is 0.150. The number of hydrogen-bond donors (Lipinski definition) is 3. The number of amidine groups is 1. The van der Waals surface area contributed by atoms with E-state index in [1.165, 1.54) is 5.56 Å². The summed E-state index contributed by atoms with van der Waals surface area (Å²) in [5.41, 5.74) is 8.42. The zero-order valence-electron chi connectivity index (χ0n) is 12.9. The molecule has 0 aliphatic carbocycles. The van der Waals surface area contributed by atoms with Gasteiger partial charge in [-0.1, -0.05) is 60.7 Å². The molecule has 4 N–H and O–H groups in total. The van der Waals surface area contributed by atoms with E-state index in [0.717, 1.165) is 28.3 Å². The summed E-state index contributed by atoms with van der Waals surface area (Å²) in [7, 11) is 0. The van der Waals surface area contributed by atoms with Crippen LogP contribution in [0.25, 0.3) is 10.8 Å². The largest absolute Gasteiger partial charge is 0.388 e. The fourth-order valence-electron chi connectivity index (χ4n) is 2.76. The first-order chi connectivity index (χ1) is 11.1. The molecule has 0 aromatic heterocycles. The van der Waals surface area contributed by atoms with Crippen LogP contribution in [0.5, 0.6) is 0 Å². The summed E-state index contributed by atoms with van der Waals surface area (Å²) in [6, 6.07) is 21.8. The second-order valence-electron chi connectivity index (χ2n) is 5.78. The van der Waals surface area contributed by atoms with Crippen molar-refractivity contribution >= 4 is 16.6 Å². The lowest BCUT2D eigenvalue weighted by Crippen LogP contribution is -2.10. The first kappa shape index (κ1) is 15.3. The number of aryl methyl sites for hydroxylation is 1. The molecule has 3 aromatic carbocycles. The lowest BCUT2D eigenvalue weighted by Gasteiger charge is -2.11. The molecule has 3 rings (SSSR count). The van der Waals surface area contributed by atoms with Gasteiger partial charge in [0.15, 0.2) is 0 Å². The molecule has 116 valence electrons. The van der Waals surface area contributed by atoms with Gasteiger partial charge in [0.05, 0.1) is 6.10 Å². The van der Waals surface area contributed by atoms with E-state index in [-0.39, 0.29) is 5.84 Å². The van der Waals surface area contributed by atoms with Gasteiger partial charge in [-0.15, -0.1) is 0 Å². The standard InChI is InChI=1S/C20H20N2O/c21-20(22)18-10-9-16-12-14(6-8-17(16)13-18)7-11-19(23)15-4-2-1-3-5-15/h1-6,8-10,12-13,19,23H,7,11H2,(H3,21,22). The Labute approximate surface area is 135 Å². The number of aliphatic hydroxyl groups is 1. The van der Waals surface area contributed by atoms with Crippen LogP contribution < -0.4 is 5.73 Å². The van der Waals surface area contributed by atoms with Crippen molar-refractivity contribution in [2.45, 2.75) is 18.9 Å². The molecule has 3 aromatic rings. The number of nitrogen functional groups attached to an aromatic ring is 1. The fourth-order valence-corrected chi connectivity index (χ4v) is 2.76. The zero-order chi connectivity index (χ0) is 16.2. The smallest absolute Gasteiger partial charge is 0.122 e. The molecular formula is C20H20N2O. The summed E-state index contributed by atoms with van der Waals surface area (Å²) >= 11 is 0. The Morgan fingerprint density at radius 3 is 2.39 bits per heavy atom. The highest BCUT2D eigenvalue weighted by Crippen LogP contribution is 2.22.